The van der Waals surface area contributed by atoms with Crippen molar-refractivity contribution in [2.75, 3.05) is 0 Å². The molecular weight excluding hydrogens is 100 g/mol. The van der Waals surface area contributed by atoms with Crippen LogP contribution in [0.2, 0.25) is 0 Å². The summed E-state index contributed by atoms with van der Waals surface area (Å²) in [6.07, 6.45) is 3.01. The highest BCUT2D eigenvalue weighted by Gasteiger charge is 1.79. The second kappa shape index (κ2) is 2.21. The van der Waals surface area contributed by atoms with E-state index in [9.17, 15) is 0 Å². The summed E-state index contributed by atoms with van der Waals surface area (Å²) in [6, 6.07) is 3.57. The van der Waals surface area contributed by atoms with Crippen LogP contribution in [0, 0.1) is 6.58 Å². The van der Waals surface area contributed by atoms with E-state index in [0.29, 0.717) is 5.69 Å². The molecule has 0 aliphatic heterocycles. The third-order valence-electron chi connectivity index (χ3n) is 0.764. The Bertz CT molecular complexity index is 169. The number of hydrogen-bond donors (Lipinski definition) is 0. The van der Waals surface area contributed by atoms with E-state index >= 15 is 0 Å². The second-order valence-electron chi connectivity index (χ2n) is 1.32. The van der Waals surface area contributed by atoms with Crippen LogP contribution in [0.4, 0.5) is 0 Å². The summed E-state index contributed by atoms with van der Waals surface area (Å²) in [5.74, 6) is 0. The van der Waals surface area contributed by atoms with Crippen LogP contribution in [0.25, 0.3) is 6.08 Å². The van der Waals surface area contributed by atoms with E-state index < -0.39 is 0 Å². The summed E-state index contributed by atoms with van der Waals surface area (Å²) >= 11 is 0. The monoisotopic (exact) mass is 105 g/mol. The maximum Gasteiger partial charge on any atom is 0.0857 e. The molecule has 0 atom stereocenters. The first-order valence-corrected chi connectivity index (χ1v) is 2.26. The largest absolute Gasteiger partial charge is 0.159 e. The number of aromatic nitrogens is 2. The van der Waals surface area contributed by atoms with Crippen molar-refractivity contribution in [3.8, 4) is 0 Å². The van der Waals surface area contributed by atoms with Crippen molar-refractivity contribution in [1.29, 1.82) is 0 Å². The molecule has 0 spiro atoms. The molecule has 0 amide bonds. The van der Waals surface area contributed by atoms with Gasteiger partial charge < -0.3 is 0 Å². The molecule has 1 aromatic rings. The maximum absolute atomic E-state index is 5.12. The predicted molar refractivity (Wildman–Crippen MR) is 30.8 cm³/mol. The van der Waals surface area contributed by atoms with Crippen molar-refractivity contribution in [1.82, 2.24) is 10.2 Å². The molecule has 0 aliphatic carbocycles. The van der Waals surface area contributed by atoms with Gasteiger partial charge in [-0.25, -0.2) is 0 Å². The van der Waals surface area contributed by atoms with Gasteiger partial charge >= 0.3 is 0 Å². The fourth-order valence-corrected chi connectivity index (χ4v) is 0.402. The second-order valence-corrected chi connectivity index (χ2v) is 1.32. The van der Waals surface area contributed by atoms with E-state index in [0.717, 1.165) is 0 Å². The summed E-state index contributed by atoms with van der Waals surface area (Å²) in [6.45, 7) is 5.12. The average Bonchev–Trinajstić information content (AvgIpc) is 1.90. The average molecular weight is 105 g/mol. The third-order valence-corrected chi connectivity index (χ3v) is 0.764. The summed E-state index contributed by atoms with van der Waals surface area (Å²) in [5, 5.41) is 7.26. The molecule has 0 fully saturated rings. The lowest BCUT2D eigenvalue weighted by molar-refractivity contribution is 1.02. The highest BCUT2D eigenvalue weighted by molar-refractivity contribution is 5.37. The van der Waals surface area contributed by atoms with Crippen LogP contribution in [0.1, 0.15) is 5.69 Å². The smallest absolute Gasteiger partial charge is 0.0857 e. The van der Waals surface area contributed by atoms with Crippen LogP contribution in [0.3, 0.4) is 0 Å². The maximum atomic E-state index is 5.12. The van der Waals surface area contributed by atoms with Crippen LogP contribution in [-0.2, 0) is 0 Å². The molecule has 0 aliphatic rings. The fraction of sp³-hybridized carbons (Fsp3) is 0. The van der Waals surface area contributed by atoms with Crippen LogP contribution in [-0.4, -0.2) is 10.2 Å². The van der Waals surface area contributed by atoms with Gasteiger partial charge in [0.05, 0.1) is 5.69 Å². The van der Waals surface area contributed by atoms with Crippen LogP contribution >= 0.6 is 0 Å². The Balaban J connectivity index is 2.99. The lowest BCUT2D eigenvalue weighted by atomic mass is 10.4. The molecule has 0 unspecified atom stereocenters. The Kier molecular flexibility index (Phi) is 1.37. The Hall–Kier alpha value is -1.18. The van der Waals surface area contributed by atoms with Gasteiger partial charge in [-0.3, -0.25) is 0 Å². The molecule has 0 bridgehead atoms. The molecule has 2 heteroatoms. The van der Waals surface area contributed by atoms with E-state index in [1.807, 2.05) is 0 Å². The molecule has 0 N–H and O–H groups in total. The van der Waals surface area contributed by atoms with Crippen molar-refractivity contribution >= 4 is 6.08 Å². The molecule has 39 valence electrons. The zero-order valence-electron chi connectivity index (χ0n) is 4.28. The van der Waals surface area contributed by atoms with E-state index in [1.54, 1.807) is 18.3 Å². The third kappa shape index (κ3) is 0.904. The van der Waals surface area contributed by atoms with Crippen molar-refractivity contribution in [2.45, 2.75) is 0 Å². The Morgan fingerprint density at radius 1 is 1.62 bits per heavy atom. The number of nitrogens with zero attached hydrogens (tertiary/aromatic N) is 2. The van der Waals surface area contributed by atoms with Gasteiger partial charge in [0.25, 0.3) is 0 Å². The first-order chi connectivity index (χ1) is 3.93. The Morgan fingerprint density at radius 3 is 2.88 bits per heavy atom. The summed E-state index contributed by atoms with van der Waals surface area (Å²) in [4.78, 5) is 0. The van der Waals surface area contributed by atoms with Gasteiger partial charge in [-0.2, -0.15) is 10.2 Å². The number of rotatable bonds is 1. The zero-order chi connectivity index (χ0) is 5.82. The van der Waals surface area contributed by atoms with Gasteiger partial charge in [-0.1, -0.05) is 6.58 Å². The van der Waals surface area contributed by atoms with Gasteiger partial charge in [-0.15, -0.1) is 0 Å². The van der Waals surface area contributed by atoms with E-state index in [2.05, 4.69) is 10.2 Å². The first kappa shape index (κ1) is 4.97. The SMILES string of the molecule is [CH]=Cc1cccnn1. The molecule has 1 radical (unpaired) electrons. The standard InChI is InChI=1S/C6H5N2/c1-2-6-4-3-5-7-8-6/h1-5H. The number of hydrogen-bond acceptors (Lipinski definition) is 2. The van der Waals surface area contributed by atoms with Gasteiger partial charge in [0.1, 0.15) is 0 Å². The molecule has 8 heavy (non-hydrogen) atoms. The molecule has 1 heterocycles. The van der Waals surface area contributed by atoms with E-state index in [4.69, 9.17) is 6.58 Å². The molecule has 0 saturated carbocycles. The highest BCUT2D eigenvalue weighted by atomic mass is 15.1. The summed E-state index contributed by atoms with van der Waals surface area (Å²) in [5.41, 5.74) is 0.701. The zero-order valence-corrected chi connectivity index (χ0v) is 4.28. The van der Waals surface area contributed by atoms with Crippen molar-refractivity contribution in [2.24, 2.45) is 0 Å². The van der Waals surface area contributed by atoms with Crippen molar-refractivity contribution in [3.63, 3.8) is 0 Å². The van der Waals surface area contributed by atoms with E-state index in [1.165, 1.54) is 6.08 Å². The molecule has 0 aromatic carbocycles. The lowest BCUT2D eigenvalue weighted by Gasteiger charge is -1.82. The highest BCUT2D eigenvalue weighted by Crippen LogP contribution is 1.89. The molecule has 1 rings (SSSR count). The minimum absolute atomic E-state index is 0.701. The minimum atomic E-state index is 0.701. The minimum Gasteiger partial charge on any atom is -0.159 e. The van der Waals surface area contributed by atoms with Gasteiger partial charge in [0, 0.05) is 6.20 Å². The Morgan fingerprint density at radius 2 is 2.50 bits per heavy atom. The predicted octanol–water partition coefficient (Wildman–Crippen LogP) is 0.923. The summed E-state index contributed by atoms with van der Waals surface area (Å²) < 4.78 is 0. The van der Waals surface area contributed by atoms with Crippen molar-refractivity contribution in [3.05, 3.63) is 30.6 Å². The Labute approximate surface area is 47.9 Å². The van der Waals surface area contributed by atoms with Crippen LogP contribution in [0.5, 0.6) is 0 Å². The van der Waals surface area contributed by atoms with Gasteiger partial charge in [0.2, 0.25) is 0 Å². The topological polar surface area (TPSA) is 25.8 Å². The quantitative estimate of drug-likeness (QED) is 0.530. The first-order valence-electron chi connectivity index (χ1n) is 2.26. The van der Waals surface area contributed by atoms with Crippen LogP contribution < -0.4 is 0 Å². The molecule has 2 nitrogen and oxygen atoms in total. The van der Waals surface area contributed by atoms with Crippen molar-refractivity contribution < 1.29 is 0 Å². The molecule has 0 saturated heterocycles. The normalized spacial score (nSPS) is 8.50. The van der Waals surface area contributed by atoms with E-state index in [-0.39, 0.29) is 0 Å². The lowest BCUT2D eigenvalue weighted by Crippen LogP contribution is -1.80. The molecule has 1 aromatic heterocycles. The van der Waals surface area contributed by atoms with Crippen LogP contribution in [0.15, 0.2) is 18.3 Å². The fourth-order valence-electron chi connectivity index (χ4n) is 0.402. The van der Waals surface area contributed by atoms with Gasteiger partial charge in [-0.05, 0) is 18.2 Å². The van der Waals surface area contributed by atoms with Gasteiger partial charge in [0.15, 0.2) is 0 Å². The summed E-state index contributed by atoms with van der Waals surface area (Å²) in [7, 11) is 0. The molecular formula is C6H5N2.